The maximum absolute atomic E-state index is 5.75. The Labute approximate surface area is 90.9 Å². The van der Waals surface area contributed by atoms with Crippen LogP contribution in [0.2, 0.25) is 0 Å². The second kappa shape index (κ2) is 4.62. The third kappa shape index (κ3) is 2.48. The molecule has 0 amide bonds. The van der Waals surface area contributed by atoms with Gasteiger partial charge in [-0.3, -0.25) is 0 Å². The summed E-state index contributed by atoms with van der Waals surface area (Å²) < 4.78 is 5.75. The number of ether oxygens (including phenoxy) is 1. The van der Waals surface area contributed by atoms with Crippen LogP contribution in [0, 0.1) is 0 Å². The van der Waals surface area contributed by atoms with Crippen LogP contribution in [0.1, 0.15) is 37.8 Å². The number of nitrogens with one attached hydrogen (secondary N) is 1. The van der Waals surface area contributed by atoms with Gasteiger partial charge in [0.05, 0.1) is 0 Å². The number of pyridine rings is 1. The minimum Gasteiger partial charge on any atom is -0.474 e. The summed E-state index contributed by atoms with van der Waals surface area (Å²) in [6, 6.07) is 4.39. The lowest BCUT2D eigenvalue weighted by Gasteiger charge is -2.26. The van der Waals surface area contributed by atoms with Crippen LogP contribution in [-0.4, -0.2) is 18.1 Å². The summed E-state index contributed by atoms with van der Waals surface area (Å²) in [6.07, 6.45) is 5.85. The van der Waals surface area contributed by atoms with E-state index in [1.165, 1.54) is 24.8 Å². The molecule has 1 fully saturated rings. The largest absolute Gasteiger partial charge is 0.474 e. The van der Waals surface area contributed by atoms with Crippen molar-refractivity contribution >= 4 is 0 Å². The van der Waals surface area contributed by atoms with Gasteiger partial charge in [0.25, 0.3) is 0 Å². The molecule has 1 aliphatic rings. The lowest BCUT2D eigenvalue weighted by atomic mass is 9.96. The molecule has 2 rings (SSSR count). The fourth-order valence-electron chi connectivity index (χ4n) is 1.58. The molecule has 15 heavy (non-hydrogen) atoms. The van der Waals surface area contributed by atoms with Gasteiger partial charge in [-0.15, -0.1) is 0 Å². The van der Waals surface area contributed by atoms with Crippen molar-refractivity contribution in [3.63, 3.8) is 0 Å². The molecule has 0 aliphatic heterocycles. The van der Waals surface area contributed by atoms with Crippen molar-refractivity contribution in [1.82, 2.24) is 10.3 Å². The van der Waals surface area contributed by atoms with E-state index in [4.69, 9.17) is 4.74 Å². The average Bonchev–Trinajstić information content (AvgIpc) is 2.23. The molecule has 1 saturated carbocycles. The van der Waals surface area contributed by atoms with Gasteiger partial charge in [0.2, 0.25) is 5.88 Å². The quantitative estimate of drug-likeness (QED) is 0.820. The Kier molecular flexibility index (Phi) is 3.21. The second-order valence-electron chi connectivity index (χ2n) is 4.11. The summed E-state index contributed by atoms with van der Waals surface area (Å²) >= 11 is 0. The molecule has 1 heterocycles. The Balaban J connectivity index is 2.04. The third-order valence-corrected chi connectivity index (χ3v) is 3.03. The van der Waals surface area contributed by atoms with E-state index >= 15 is 0 Å². The molecule has 82 valence electrons. The van der Waals surface area contributed by atoms with E-state index in [0.29, 0.717) is 12.1 Å². The van der Waals surface area contributed by atoms with E-state index in [0.717, 1.165) is 5.88 Å². The fraction of sp³-hybridized carbons (Fsp3) is 0.583. The van der Waals surface area contributed by atoms with Crippen LogP contribution in [0.25, 0.3) is 0 Å². The van der Waals surface area contributed by atoms with Crippen molar-refractivity contribution in [1.29, 1.82) is 0 Å². The number of hydrogen-bond acceptors (Lipinski definition) is 3. The lowest BCUT2D eigenvalue weighted by molar-refractivity contribution is 0.114. The number of nitrogens with zero attached hydrogens (tertiary/aromatic N) is 1. The van der Waals surface area contributed by atoms with Gasteiger partial charge >= 0.3 is 0 Å². The first kappa shape index (κ1) is 10.4. The molecule has 1 unspecified atom stereocenters. The number of hydrogen-bond donors (Lipinski definition) is 1. The molecule has 0 bridgehead atoms. The summed E-state index contributed by atoms with van der Waals surface area (Å²) in [6.45, 7) is 2.13. The van der Waals surface area contributed by atoms with Gasteiger partial charge in [0.15, 0.2) is 0 Å². The van der Waals surface area contributed by atoms with E-state index < -0.39 is 0 Å². The molecule has 0 aromatic carbocycles. The average molecular weight is 206 g/mol. The Morgan fingerprint density at radius 3 is 2.93 bits per heavy atom. The molecule has 0 spiro atoms. The van der Waals surface area contributed by atoms with E-state index in [2.05, 4.69) is 17.2 Å². The summed E-state index contributed by atoms with van der Waals surface area (Å²) in [5.74, 6) is 0.763. The smallest absolute Gasteiger partial charge is 0.213 e. The molecule has 3 nitrogen and oxygen atoms in total. The lowest BCUT2D eigenvalue weighted by Crippen LogP contribution is -2.25. The molecule has 1 aromatic rings. The molecular formula is C12H18N2O. The van der Waals surface area contributed by atoms with Crippen LogP contribution >= 0.6 is 0 Å². The van der Waals surface area contributed by atoms with E-state index in [-0.39, 0.29) is 0 Å². The predicted octanol–water partition coefficient (Wildman–Crippen LogP) is 2.29. The zero-order valence-electron chi connectivity index (χ0n) is 9.36. The van der Waals surface area contributed by atoms with Gasteiger partial charge < -0.3 is 10.1 Å². The first-order valence-electron chi connectivity index (χ1n) is 5.59. The molecule has 0 saturated heterocycles. The van der Waals surface area contributed by atoms with Gasteiger partial charge in [-0.25, -0.2) is 4.98 Å². The van der Waals surface area contributed by atoms with E-state index in [1.807, 2.05) is 25.4 Å². The Morgan fingerprint density at radius 2 is 2.33 bits per heavy atom. The van der Waals surface area contributed by atoms with Crippen LogP contribution < -0.4 is 10.1 Å². The summed E-state index contributed by atoms with van der Waals surface area (Å²) in [4.78, 5) is 4.23. The van der Waals surface area contributed by atoms with Crippen LogP contribution in [0.3, 0.4) is 0 Å². The van der Waals surface area contributed by atoms with Gasteiger partial charge in [-0.1, -0.05) is 0 Å². The van der Waals surface area contributed by atoms with Crippen molar-refractivity contribution < 1.29 is 4.74 Å². The Hall–Kier alpha value is -1.09. The van der Waals surface area contributed by atoms with Gasteiger partial charge in [0, 0.05) is 18.3 Å². The van der Waals surface area contributed by atoms with E-state index in [1.54, 1.807) is 0 Å². The fourth-order valence-corrected chi connectivity index (χ4v) is 1.58. The predicted molar refractivity (Wildman–Crippen MR) is 60.0 cm³/mol. The van der Waals surface area contributed by atoms with Gasteiger partial charge in [0.1, 0.15) is 6.10 Å². The summed E-state index contributed by atoms with van der Waals surface area (Å²) in [5.41, 5.74) is 1.22. The highest BCUT2D eigenvalue weighted by atomic mass is 16.5. The van der Waals surface area contributed by atoms with Gasteiger partial charge in [-0.05, 0) is 44.9 Å². The SMILES string of the molecule is CNC(C)c1ccnc(OC2CCC2)c1. The molecule has 3 heteroatoms. The normalized spacial score (nSPS) is 18.3. The minimum atomic E-state index is 0.344. The van der Waals surface area contributed by atoms with Crippen LogP contribution in [0.15, 0.2) is 18.3 Å². The summed E-state index contributed by atoms with van der Waals surface area (Å²) in [7, 11) is 1.96. The van der Waals surface area contributed by atoms with Crippen molar-refractivity contribution in [2.45, 2.75) is 38.3 Å². The minimum absolute atomic E-state index is 0.344. The Morgan fingerprint density at radius 1 is 1.53 bits per heavy atom. The molecule has 1 N–H and O–H groups in total. The van der Waals surface area contributed by atoms with Crippen LogP contribution in [0.4, 0.5) is 0 Å². The maximum Gasteiger partial charge on any atom is 0.213 e. The van der Waals surface area contributed by atoms with E-state index in [9.17, 15) is 0 Å². The molecule has 1 aromatic heterocycles. The topological polar surface area (TPSA) is 34.2 Å². The number of aromatic nitrogens is 1. The molecular weight excluding hydrogens is 188 g/mol. The highest BCUT2D eigenvalue weighted by molar-refractivity contribution is 5.23. The van der Waals surface area contributed by atoms with Crippen molar-refractivity contribution in [3.05, 3.63) is 23.9 Å². The van der Waals surface area contributed by atoms with Crippen molar-refractivity contribution in [2.75, 3.05) is 7.05 Å². The Bertz CT molecular complexity index is 323. The second-order valence-corrected chi connectivity index (χ2v) is 4.11. The summed E-state index contributed by atoms with van der Waals surface area (Å²) in [5, 5.41) is 3.21. The monoisotopic (exact) mass is 206 g/mol. The molecule has 1 atom stereocenters. The zero-order valence-corrected chi connectivity index (χ0v) is 9.36. The highest BCUT2D eigenvalue weighted by Gasteiger charge is 2.19. The molecule has 1 aliphatic carbocycles. The standard InChI is InChI=1S/C12H18N2O/c1-9(13-2)10-6-7-14-12(8-10)15-11-4-3-5-11/h6-9,11,13H,3-5H2,1-2H3. The first-order valence-corrected chi connectivity index (χ1v) is 5.59. The zero-order chi connectivity index (χ0) is 10.7. The van der Waals surface area contributed by atoms with Crippen molar-refractivity contribution in [2.24, 2.45) is 0 Å². The van der Waals surface area contributed by atoms with Crippen molar-refractivity contribution in [3.8, 4) is 5.88 Å². The van der Waals surface area contributed by atoms with Crippen LogP contribution in [-0.2, 0) is 0 Å². The molecule has 0 radical (unpaired) electrons. The maximum atomic E-state index is 5.75. The van der Waals surface area contributed by atoms with Gasteiger partial charge in [-0.2, -0.15) is 0 Å². The first-order chi connectivity index (χ1) is 7.29. The van der Waals surface area contributed by atoms with Crippen LogP contribution in [0.5, 0.6) is 5.88 Å². The highest BCUT2D eigenvalue weighted by Crippen LogP contribution is 2.25. The number of rotatable bonds is 4. The third-order valence-electron chi connectivity index (χ3n) is 3.03.